The second kappa shape index (κ2) is 5.13. The van der Waals surface area contributed by atoms with E-state index in [4.69, 9.17) is 0 Å². The highest BCUT2D eigenvalue weighted by Crippen LogP contribution is 2.25. The Kier molecular flexibility index (Phi) is 4.05. The lowest BCUT2D eigenvalue weighted by Crippen LogP contribution is -2.29. The predicted molar refractivity (Wildman–Crippen MR) is 69.4 cm³/mol. The van der Waals surface area contributed by atoms with E-state index < -0.39 is 0 Å². The molecule has 0 saturated carbocycles. The fourth-order valence-electron chi connectivity index (χ4n) is 2.16. The van der Waals surface area contributed by atoms with Gasteiger partial charge in [0.15, 0.2) is 0 Å². The number of hydrogen-bond acceptors (Lipinski definition) is 2. The first-order chi connectivity index (χ1) is 7.82. The average Bonchev–Trinajstić information content (AvgIpc) is 2.14. The Balaban J connectivity index is 3.08. The molecule has 3 heteroatoms. The normalized spacial score (nSPS) is 10.2. The molecular weight excluding hydrogens is 214 g/mol. The first-order valence-corrected chi connectivity index (χ1v) is 5.66. The number of nitrogens with zero attached hydrogens (tertiary/aromatic N) is 1. The zero-order chi connectivity index (χ0) is 13.2. The monoisotopic (exact) mass is 233 g/mol. The molecule has 1 amide bonds. The van der Waals surface area contributed by atoms with Crippen LogP contribution >= 0.6 is 0 Å². The molecule has 0 aromatic heterocycles. The Morgan fingerprint density at radius 1 is 1.12 bits per heavy atom. The first kappa shape index (κ1) is 13.4. The summed E-state index contributed by atoms with van der Waals surface area (Å²) in [5.41, 5.74) is 4.20. The van der Waals surface area contributed by atoms with Crippen molar-refractivity contribution in [3.8, 4) is 0 Å². The number of benzene rings is 1. The van der Waals surface area contributed by atoms with Gasteiger partial charge in [-0.25, -0.2) is 0 Å². The molecule has 1 rings (SSSR count). The summed E-state index contributed by atoms with van der Waals surface area (Å²) in [7, 11) is 1.72. The molecule has 0 unspecified atom stereocenters. The minimum absolute atomic E-state index is 0.0384. The Morgan fingerprint density at radius 2 is 1.59 bits per heavy atom. The lowest BCUT2D eigenvalue weighted by atomic mass is 10.0. The minimum atomic E-state index is -0.160. The molecule has 0 spiro atoms. The number of Topliss-reactive ketones (excluding diaryl/α,β-unsaturated/α-hetero) is 1. The van der Waals surface area contributed by atoms with Crippen molar-refractivity contribution in [3.05, 3.63) is 28.8 Å². The minimum Gasteiger partial charge on any atom is -0.315 e. The van der Waals surface area contributed by atoms with Crippen LogP contribution in [-0.4, -0.2) is 18.7 Å². The average molecular weight is 233 g/mol. The molecule has 0 heterocycles. The summed E-state index contributed by atoms with van der Waals surface area (Å²) >= 11 is 0. The summed E-state index contributed by atoms with van der Waals surface area (Å²) in [6, 6.07) is 4.08. The Morgan fingerprint density at radius 3 is 2.00 bits per heavy atom. The smallest absolute Gasteiger partial charge is 0.234 e. The predicted octanol–water partition coefficient (Wildman–Crippen LogP) is 2.55. The maximum absolute atomic E-state index is 11.8. The van der Waals surface area contributed by atoms with E-state index >= 15 is 0 Å². The molecule has 92 valence electrons. The Hall–Kier alpha value is -1.64. The topological polar surface area (TPSA) is 37.4 Å². The summed E-state index contributed by atoms with van der Waals surface area (Å²) in [5.74, 6) is -0.267. The molecule has 1 aromatic carbocycles. The van der Waals surface area contributed by atoms with E-state index in [1.165, 1.54) is 12.5 Å². The molecule has 0 N–H and O–H groups in total. The van der Waals surface area contributed by atoms with Gasteiger partial charge in [-0.05, 0) is 38.8 Å². The molecule has 0 bridgehead atoms. The number of carbonyl (C=O) groups is 2. The molecule has 1 aromatic rings. The fraction of sp³-hybridized carbons (Fsp3) is 0.429. The van der Waals surface area contributed by atoms with Gasteiger partial charge >= 0.3 is 0 Å². The van der Waals surface area contributed by atoms with Gasteiger partial charge in [-0.15, -0.1) is 0 Å². The van der Waals surface area contributed by atoms with Gasteiger partial charge in [0, 0.05) is 12.7 Å². The van der Waals surface area contributed by atoms with E-state index in [0.29, 0.717) is 0 Å². The number of anilines is 1. The van der Waals surface area contributed by atoms with E-state index in [1.807, 2.05) is 32.9 Å². The standard InChI is InChI=1S/C14H19NO2/c1-9-6-10(2)14(11(3)7-9)15(5)13(17)8-12(4)16/h6-7H,8H2,1-5H3. The number of hydrogen-bond donors (Lipinski definition) is 0. The van der Waals surface area contributed by atoms with Crippen LogP contribution in [0.3, 0.4) is 0 Å². The molecule has 17 heavy (non-hydrogen) atoms. The van der Waals surface area contributed by atoms with E-state index in [1.54, 1.807) is 11.9 Å². The quantitative estimate of drug-likeness (QED) is 0.752. The van der Waals surface area contributed by atoms with E-state index in [-0.39, 0.29) is 18.1 Å². The number of amides is 1. The summed E-state index contributed by atoms with van der Waals surface area (Å²) in [5, 5.41) is 0. The van der Waals surface area contributed by atoms with Crippen molar-refractivity contribution in [2.75, 3.05) is 11.9 Å². The van der Waals surface area contributed by atoms with Crippen molar-refractivity contribution in [2.24, 2.45) is 0 Å². The van der Waals surface area contributed by atoms with Gasteiger partial charge in [-0.3, -0.25) is 9.59 Å². The molecule has 0 aliphatic heterocycles. The molecule has 0 aliphatic carbocycles. The molecular formula is C14H19NO2. The second-order valence-electron chi connectivity index (χ2n) is 4.58. The van der Waals surface area contributed by atoms with Crippen molar-refractivity contribution < 1.29 is 9.59 Å². The molecule has 0 aliphatic rings. The third-order valence-electron chi connectivity index (χ3n) is 2.75. The van der Waals surface area contributed by atoms with Gasteiger partial charge in [-0.1, -0.05) is 17.7 Å². The van der Waals surface area contributed by atoms with Crippen molar-refractivity contribution in [1.29, 1.82) is 0 Å². The van der Waals surface area contributed by atoms with Crippen LogP contribution in [0.25, 0.3) is 0 Å². The van der Waals surface area contributed by atoms with Crippen LogP contribution in [0.5, 0.6) is 0 Å². The molecule has 3 nitrogen and oxygen atoms in total. The number of carbonyl (C=O) groups excluding carboxylic acids is 2. The van der Waals surface area contributed by atoms with Gasteiger partial charge in [0.25, 0.3) is 0 Å². The maximum Gasteiger partial charge on any atom is 0.234 e. The van der Waals surface area contributed by atoms with Crippen molar-refractivity contribution >= 4 is 17.4 Å². The van der Waals surface area contributed by atoms with Crippen molar-refractivity contribution in [1.82, 2.24) is 0 Å². The highest BCUT2D eigenvalue weighted by Gasteiger charge is 2.16. The summed E-state index contributed by atoms with van der Waals surface area (Å²) < 4.78 is 0. The van der Waals surface area contributed by atoms with Crippen LogP contribution in [0.2, 0.25) is 0 Å². The first-order valence-electron chi connectivity index (χ1n) is 5.66. The SMILES string of the molecule is CC(=O)CC(=O)N(C)c1c(C)cc(C)cc1C. The highest BCUT2D eigenvalue weighted by atomic mass is 16.2. The molecule has 0 atom stereocenters. The van der Waals surface area contributed by atoms with Crippen LogP contribution < -0.4 is 4.90 Å². The molecule has 0 radical (unpaired) electrons. The highest BCUT2D eigenvalue weighted by molar-refractivity contribution is 6.05. The largest absolute Gasteiger partial charge is 0.315 e. The van der Waals surface area contributed by atoms with Crippen LogP contribution in [0.15, 0.2) is 12.1 Å². The third kappa shape index (κ3) is 3.16. The van der Waals surface area contributed by atoms with Crippen LogP contribution in [-0.2, 0) is 9.59 Å². The molecule has 0 fully saturated rings. The van der Waals surface area contributed by atoms with Gasteiger partial charge in [0.1, 0.15) is 5.78 Å². The number of ketones is 1. The molecule has 0 saturated heterocycles. The number of aryl methyl sites for hydroxylation is 3. The fourth-order valence-corrected chi connectivity index (χ4v) is 2.16. The van der Waals surface area contributed by atoms with E-state index in [2.05, 4.69) is 0 Å². The lowest BCUT2D eigenvalue weighted by molar-refractivity contribution is -0.125. The van der Waals surface area contributed by atoms with Gasteiger partial charge < -0.3 is 4.90 Å². The zero-order valence-corrected chi connectivity index (χ0v) is 11.1. The van der Waals surface area contributed by atoms with Gasteiger partial charge in [-0.2, -0.15) is 0 Å². The van der Waals surface area contributed by atoms with Crippen LogP contribution in [0.1, 0.15) is 30.0 Å². The van der Waals surface area contributed by atoms with Gasteiger partial charge in [0.05, 0.1) is 6.42 Å². The van der Waals surface area contributed by atoms with E-state index in [9.17, 15) is 9.59 Å². The summed E-state index contributed by atoms with van der Waals surface area (Å²) in [4.78, 5) is 24.4. The number of rotatable bonds is 3. The van der Waals surface area contributed by atoms with Crippen LogP contribution in [0.4, 0.5) is 5.69 Å². The summed E-state index contributed by atoms with van der Waals surface area (Å²) in [6.07, 6.45) is -0.0384. The Bertz CT molecular complexity index is 440. The van der Waals surface area contributed by atoms with Crippen molar-refractivity contribution in [3.63, 3.8) is 0 Å². The zero-order valence-electron chi connectivity index (χ0n) is 11.1. The third-order valence-corrected chi connectivity index (χ3v) is 2.75. The maximum atomic E-state index is 11.8. The Labute approximate surface area is 102 Å². The lowest BCUT2D eigenvalue weighted by Gasteiger charge is -2.22. The summed E-state index contributed by atoms with van der Waals surface area (Å²) in [6.45, 7) is 7.42. The van der Waals surface area contributed by atoms with Crippen molar-refractivity contribution in [2.45, 2.75) is 34.1 Å². The second-order valence-corrected chi connectivity index (χ2v) is 4.58. The van der Waals surface area contributed by atoms with Crippen LogP contribution in [0, 0.1) is 20.8 Å². The van der Waals surface area contributed by atoms with E-state index in [0.717, 1.165) is 16.8 Å². The van der Waals surface area contributed by atoms with Gasteiger partial charge in [0.2, 0.25) is 5.91 Å².